The molecule has 18 heavy (non-hydrogen) atoms. The maximum absolute atomic E-state index is 10.9. The van der Waals surface area contributed by atoms with Crippen LogP contribution in [0, 0.1) is 10.1 Å². The lowest BCUT2D eigenvalue weighted by Crippen LogP contribution is -2.48. The Bertz CT molecular complexity index is 435. The molecule has 3 N–H and O–H groups in total. The number of hydrogen-bond donors (Lipinski definition) is 3. The Morgan fingerprint density at radius 3 is 2.56 bits per heavy atom. The van der Waals surface area contributed by atoms with Gasteiger partial charge in [0.05, 0.1) is 23.7 Å². The number of halogens is 1. The minimum atomic E-state index is -0.881. The highest BCUT2D eigenvalue weighted by atomic mass is 35.5. The minimum Gasteiger partial charge on any atom is -0.394 e. The van der Waals surface area contributed by atoms with Crippen molar-refractivity contribution in [3.8, 4) is 0 Å². The monoisotopic (exact) mass is 274 g/mol. The Morgan fingerprint density at radius 2 is 2.06 bits per heavy atom. The van der Waals surface area contributed by atoms with Crippen LogP contribution < -0.4 is 5.32 Å². The predicted octanol–water partition coefficient (Wildman–Crippen LogP) is 1.08. The molecule has 6 nitrogen and oxygen atoms in total. The average Bonchev–Trinajstić information content (AvgIpc) is 2.36. The second-order valence-corrected chi connectivity index (χ2v) is 4.70. The molecule has 0 fully saturated rings. The van der Waals surface area contributed by atoms with Crippen molar-refractivity contribution in [2.75, 3.05) is 13.2 Å². The molecule has 1 aromatic rings. The summed E-state index contributed by atoms with van der Waals surface area (Å²) in [6.07, 6.45) is 0. The first-order valence-corrected chi connectivity index (χ1v) is 5.69. The van der Waals surface area contributed by atoms with Crippen LogP contribution in [0.25, 0.3) is 0 Å². The van der Waals surface area contributed by atoms with E-state index in [1.165, 1.54) is 6.07 Å². The van der Waals surface area contributed by atoms with Crippen molar-refractivity contribution in [2.45, 2.75) is 19.0 Å². The molecule has 0 saturated heterocycles. The van der Waals surface area contributed by atoms with Gasteiger partial charge in [0.25, 0.3) is 5.69 Å². The van der Waals surface area contributed by atoms with Gasteiger partial charge in [0.1, 0.15) is 0 Å². The molecule has 0 aliphatic rings. The van der Waals surface area contributed by atoms with Gasteiger partial charge in [-0.25, -0.2) is 0 Å². The van der Waals surface area contributed by atoms with Crippen LogP contribution >= 0.6 is 11.6 Å². The number of rotatable bonds is 6. The third-order valence-corrected chi connectivity index (χ3v) is 2.88. The quantitative estimate of drug-likeness (QED) is 0.533. The van der Waals surface area contributed by atoms with Crippen LogP contribution in [0.2, 0.25) is 5.02 Å². The summed E-state index contributed by atoms with van der Waals surface area (Å²) in [5, 5.41) is 32.2. The van der Waals surface area contributed by atoms with Gasteiger partial charge in [0, 0.05) is 23.2 Å². The van der Waals surface area contributed by atoms with Crippen molar-refractivity contribution in [3.63, 3.8) is 0 Å². The summed E-state index contributed by atoms with van der Waals surface area (Å²) in [5.41, 5.74) is -0.529. The Labute approximate surface area is 109 Å². The predicted molar refractivity (Wildman–Crippen MR) is 67.5 cm³/mol. The maximum atomic E-state index is 10.9. The second-order valence-electron chi connectivity index (χ2n) is 4.26. The summed E-state index contributed by atoms with van der Waals surface area (Å²) in [4.78, 5) is 10.3. The number of nitrogens with zero attached hydrogens (tertiary/aromatic N) is 1. The number of aliphatic hydroxyl groups is 2. The van der Waals surface area contributed by atoms with Gasteiger partial charge in [-0.3, -0.25) is 10.1 Å². The Kier molecular flexibility index (Phi) is 5.03. The first-order chi connectivity index (χ1) is 8.41. The topological polar surface area (TPSA) is 95.6 Å². The van der Waals surface area contributed by atoms with Crippen LogP contribution in [0.5, 0.6) is 0 Å². The van der Waals surface area contributed by atoms with E-state index in [2.05, 4.69) is 5.32 Å². The van der Waals surface area contributed by atoms with E-state index in [4.69, 9.17) is 21.8 Å². The van der Waals surface area contributed by atoms with Crippen LogP contribution in [0.15, 0.2) is 18.2 Å². The SMILES string of the molecule is CC(CO)(CO)NCc1ccc(Cl)cc1[N+](=O)[O-]. The summed E-state index contributed by atoms with van der Waals surface area (Å²) in [5.74, 6) is 0. The van der Waals surface area contributed by atoms with Crippen molar-refractivity contribution in [1.82, 2.24) is 5.32 Å². The summed E-state index contributed by atoms with van der Waals surface area (Å²) in [6.45, 7) is 1.23. The summed E-state index contributed by atoms with van der Waals surface area (Å²) >= 11 is 5.70. The third kappa shape index (κ3) is 3.64. The molecular formula is C11H15ClN2O4. The van der Waals surface area contributed by atoms with E-state index in [9.17, 15) is 10.1 Å². The van der Waals surface area contributed by atoms with E-state index >= 15 is 0 Å². The minimum absolute atomic E-state index is 0.0896. The molecule has 7 heteroatoms. The zero-order valence-electron chi connectivity index (χ0n) is 9.89. The Balaban J connectivity index is 2.88. The molecule has 0 aliphatic carbocycles. The standard InChI is InChI=1S/C11H15ClN2O4/c1-11(6-15,7-16)13-5-8-2-3-9(12)4-10(8)14(17)18/h2-4,13,15-16H,5-7H2,1H3. The van der Waals surface area contributed by atoms with Crippen molar-refractivity contribution >= 4 is 17.3 Å². The maximum Gasteiger partial charge on any atom is 0.275 e. The van der Waals surface area contributed by atoms with Crippen LogP contribution in [0.3, 0.4) is 0 Å². The molecule has 0 atom stereocenters. The number of nitro groups is 1. The van der Waals surface area contributed by atoms with E-state index in [1.54, 1.807) is 19.1 Å². The Hall–Kier alpha value is -1.21. The van der Waals surface area contributed by atoms with E-state index in [-0.39, 0.29) is 30.5 Å². The number of nitrogens with one attached hydrogen (secondary N) is 1. The molecular weight excluding hydrogens is 260 g/mol. The molecule has 1 rings (SSSR count). The van der Waals surface area contributed by atoms with Crippen LogP contribution in [-0.2, 0) is 6.54 Å². The lowest BCUT2D eigenvalue weighted by Gasteiger charge is -2.26. The Morgan fingerprint density at radius 1 is 1.44 bits per heavy atom. The van der Waals surface area contributed by atoms with Gasteiger partial charge >= 0.3 is 0 Å². The molecule has 0 radical (unpaired) electrons. The van der Waals surface area contributed by atoms with Crippen molar-refractivity contribution in [1.29, 1.82) is 0 Å². The highest BCUT2D eigenvalue weighted by Gasteiger charge is 2.23. The molecule has 0 unspecified atom stereocenters. The lowest BCUT2D eigenvalue weighted by molar-refractivity contribution is -0.385. The molecule has 100 valence electrons. The van der Waals surface area contributed by atoms with Crippen molar-refractivity contribution in [2.24, 2.45) is 0 Å². The fourth-order valence-corrected chi connectivity index (χ4v) is 1.49. The highest BCUT2D eigenvalue weighted by molar-refractivity contribution is 6.30. The van der Waals surface area contributed by atoms with Crippen molar-refractivity contribution in [3.05, 3.63) is 38.9 Å². The molecule has 0 spiro atoms. The second kappa shape index (κ2) is 6.10. The molecule has 0 bridgehead atoms. The van der Waals surface area contributed by atoms with Gasteiger partial charge in [-0.05, 0) is 19.1 Å². The summed E-state index contributed by atoms with van der Waals surface area (Å²) in [6, 6.07) is 4.37. The van der Waals surface area contributed by atoms with E-state index in [1.807, 2.05) is 0 Å². The zero-order chi connectivity index (χ0) is 13.8. The first kappa shape index (κ1) is 14.8. The van der Waals surface area contributed by atoms with Gasteiger partial charge in [-0.2, -0.15) is 0 Å². The van der Waals surface area contributed by atoms with Crippen LogP contribution in [0.1, 0.15) is 12.5 Å². The molecule has 1 aromatic carbocycles. The number of hydrogen-bond acceptors (Lipinski definition) is 5. The molecule has 0 aliphatic heterocycles. The number of benzene rings is 1. The molecule has 0 aromatic heterocycles. The summed E-state index contributed by atoms with van der Waals surface area (Å²) in [7, 11) is 0. The lowest BCUT2D eigenvalue weighted by atomic mass is 10.0. The normalized spacial score (nSPS) is 11.6. The highest BCUT2D eigenvalue weighted by Crippen LogP contribution is 2.23. The molecule has 0 saturated carbocycles. The number of nitro benzene ring substituents is 1. The molecule has 0 amide bonds. The summed E-state index contributed by atoms with van der Waals surface area (Å²) < 4.78 is 0. The zero-order valence-corrected chi connectivity index (χ0v) is 10.6. The van der Waals surface area contributed by atoms with Gasteiger partial charge in [0.2, 0.25) is 0 Å². The fraction of sp³-hybridized carbons (Fsp3) is 0.455. The van der Waals surface area contributed by atoms with Gasteiger partial charge in [-0.15, -0.1) is 0 Å². The van der Waals surface area contributed by atoms with Gasteiger partial charge < -0.3 is 15.5 Å². The third-order valence-electron chi connectivity index (χ3n) is 2.65. The van der Waals surface area contributed by atoms with E-state index < -0.39 is 10.5 Å². The van der Waals surface area contributed by atoms with E-state index in [0.29, 0.717) is 5.56 Å². The molecule has 0 heterocycles. The van der Waals surface area contributed by atoms with Gasteiger partial charge in [0.15, 0.2) is 0 Å². The van der Waals surface area contributed by atoms with Gasteiger partial charge in [-0.1, -0.05) is 11.6 Å². The average molecular weight is 275 g/mol. The fourth-order valence-electron chi connectivity index (χ4n) is 1.33. The van der Waals surface area contributed by atoms with E-state index in [0.717, 1.165) is 0 Å². The smallest absolute Gasteiger partial charge is 0.275 e. The van der Waals surface area contributed by atoms with Crippen LogP contribution in [-0.4, -0.2) is 33.9 Å². The first-order valence-electron chi connectivity index (χ1n) is 5.31. The largest absolute Gasteiger partial charge is 0.394 e. The van der Waals surface area contributed by atoms with Crippen LogP contribution in [0.4, 0.5) is 5.69 Å². The number of aliphatic hydroxyl groups excluding tert-OH is 2. The van der Waals surface area contributed by atoms with Crippen molar-refractivity contribution < 1.29 is 15.1 Å².